The van der Waals surface area contributed by atoms with Crippen molar-refractivity contribution >= 4 is 102 Å². The van der Waals surface area contributed by atoms with Gasteiger partial charge in [0.25, 0.3) is 0 Å². The van der Waals surface area contributed by atoms with Crippen molar-refractivity contribution in [3.8, 4) is 0 Å². The first kappa shape index (κ1) is 105. The summed E-state index contributed by atoms with van der Waals surface area (Å²) in [7, 11) is 0. The van der Waals surface area contributed by atoms with Crippen LogP contribution in [0.1, 0.15) is 165 Å². The number of H-pyrrole nitrogens is 5. The van der Waals surface area contributed by atoms with Gasteiger partial charge in [-0.15, -0.1) is 0 Å². The Morgan fingerprint density at radius 2 is 0.793 bits per heavy atom. The van der Waals surface area contributed by atoms with Crippen molar-refractivity contribution in [2.75, 3.05) is 0 Å². The number of aromatic nitrogens is 23. The van der Waals surface area contributed by atoms with E-state index in [1.165, 1.54) is 21.0 Å². The van der Waals surface area contributed by atoms with Crippen LogP contribution in [0.4, 0.5) is 0 Å². The van der Waals surface area contributed by atoms with Crippen LogP contribution in [0.5, 0.6) is 0 Å². The number of fused-ring (bicyclic) bond motifs is 11. The van der Waals surface area contributed by atoms with Crippen molar-refractivity contribution < 1.29 is 0 Å². The van der Waals surface area contributed by atoms with Crippen LogP contribution in [0.25, 0.3) is 102 Å². The van der Waals surface area contributed by atoms with E-state index in [4.69, 9.17) is 0 Å². The van der Waals surface area contributed by atoms with Crippen molar-refractivity contribution in [1.82, 2.24) is 112 Å². The van der Waals surface area contributed by atoms with E-state index in [1.54, 1.807) is 80.8 Å². The number of rotatable bonds is 0. The minimum absolute atomic E-state index is 0.748. The van der Waals surface area contributed by atoms with Crippen LogP contribution in [0.2, 0.25) is 0 Å². The van der Waals surface area contributed by atoms with Crippen LogP contribution in [-0.2, 0) is 0 Å². The Morgan fingerprint density at radius 1 is 0.264 bits per heavy atom. The second kappa shape index (κ2) is 70.0. The van der Waals surface area contributed by atoms with E-state index in [0.29, 0.717) is 0 Å². The Kier molecular flexibility index (Phi) is 60.6. The smallest absolute Gasteiger partial charge is 0.233 e. The van der Waals surface area contributed by atoms with E-state index in [1.807, 2.05) is 403 Å². The van der Waals surface area contributed by atoms with E-state index in [0.717, 1.165) is 90.4 Å². The molecule has 0 saturated heterocycles. The maximum Gasteiger partial charge on any atom is 0.233 e. The van der Waals surface area contributed by atoms with Gasteiger partial charge in [-0.2, -0.15) is 0 Å². The molecule has 0 amide bonds. The summed E-state index contributed by atoms with van der Waals surface area (Å²) < 4.78 is 7.72. The fourth-order valence-electron chi connectivity index (χ4n) is 9.76. The second-order valence-electron chi connectivity index (χ2n) is 21.1. The summed E-state index contributed by atoms with van der Waals surface area (Å²) in [5.74, 6) is 0.748. The van der Waals surface area contributed by atoms with Gasteiger partial charge < -0.3 is 33.7 Å². The van der Waals surface area contributed by atoms with Gasteiger partial charge in [0.1, 0.15) is 17.6 Å². The standard InChI is InChI=1S/2C8H7N.6C7H6N2.3C6H5N3.11C2H6/c1-3-7-4-2-6-9-8(7)5-1;1-2-7-4-5-9-6-8(7)3-1;1-4-9-7-2-3-8-5-6(1)7;1-3-8-5-7-6(1)2-4-9-7;1-3-7-8-4-2-6-9(7)5-1;1-2-7-6-8-3-5-9(7)4-1;1-2-6-7(8-4-1)3-5-9-6;1-2-6-3-5-9-7(6)8-4-1;1-2-7-6-8-3-5-9(6)4-1;1-2-8-6-4-7-5-9(6)3-1;1-2-5-6(7-3-1)9-4-8-5;11*1-2/h2*2-6H,1H2;2*1-5,9H;2*1-6H;1-5,9H;1-5H,(H,8,9);2*1-5H;1-4H,(H,7,8,9);11*1-2H3. The molecule has 638 valence electrons. The fraction of sp³-hybridized carbons (Fsp3) is 0.245. The molecule has 0 unspecified atom stereocenters. The van der Waals surface area contributed by atoms with E-state index in [9.17, 15) is 0 Å². The Hall–Kier alpha value is -14.2. The molecule has 20 aromatic heterocycles. The molecule has 0 atom stereocenters. The molecule has 121 heavy (non-hydrogen) atoms. The van der Waals surface area contributed by atoms with E-state index < -0.39 is 0 Å². The van der Waals surface area contributed by atoms with Crippen LogP contribution >= 0.6 is 0 Å². The van der Waals surface area contributed by atoms with Crippen LogP contribution in [0, 0.1) is 0 Å². The van der Waals surface area contributed by atoms with Crippen molar-refractivity contribution in [2.24, 2.45) is 0 Å². The first-order valence-electron chi connectivity index (χ1n) is 42.3. The largest absolute Gasteiger partial charge is 0.361 e. The number of nitrogens with one attached hydrogen (secondary N) is 5. The monoisotopic (exact) mass is 1630 g/mol. The zero-order chi connectivity index (χ0) is 89.1. The number of imidazole rings is 3. The molecule has 0 bridgehead atoms. The van der Waals surface area contributed by atoms with Crippen molar-refractivity contribution in [3.63, 3.8) is 0 Å². The van der Waals surface area contributed by atoms with E-state index >= 15 is 0 Å². The lowest BCUT2D eigenvalue weighted by Gasteiger charge is -1.87. The predicted molar refractivity (Wildman–Crippen MR) is 514 cm³/mol. The van der Waals surface area contributed by atoms with Gasteiger partial charge in [0.2, 0.25) is 5.78 Å². The van der Waals surface area contributed by atoms with Crippen LogP contribution in [0.15, 0.2) is 320 Å². The maximum absolute atomic E-state index is 4.17. The highest BCUT2D eigenvalue weighted by Crippen LogP contribution is 2.10. The average molecular weight is 1630 g/mol. The van der Waals surface area contributed by atoms with Gasteiger partial charge in [-0.25, -0.2) is 39.9 Å². The van der Waals surface area contributed by atoms with Crippen molar-refractivity contribution in [2.45, 2.75) is 165 Å². The molecular formula is C98H131N23. The van der Waals surface area contributed by atoms with Gasteiger partial charge in [0.05, 0.1) is 57.9 Å². The normalized spacial score (nSPS) is 9.44. The minimum atomic E-state index is 0.748. The van der Waals surface area contributed by atoms with Gasteiger partial charge in [-0.1, -0.05) is 183 Å². The summed E-state index contributed by atoms with van der Waals surface area (Å²) in [5.41, 5.74) is 10.1. The number of hydrogen-bond donors (Lipinski definition) is 5. The van der Waals surface area contributed by atoms with Crippen molar-refractivity contribution in [3.05, 3.63) is 341 Å². The number of aromatic amines is 5. The molecule has 0 aromatic carbocycles. The van der Waals surface area contributed by atoms with Gasteiger partial charge in [0, 0.05) is 177 Å². The van der Waals surface area contributed by atoms with Gasteiger partial charge in [-0.3, -0.25) is 38.7 Å². The number of hydrogen-bond acceptors (Lipinski definition) is 14. The van der Waals surface area contributed by atoms with Crippen molar-refractivity contribution in [1.29, 1.82) is 0 Å². The Labute approximate surface area is 716 Å². The first-order chi connectivity index (χ1) is 60.1. The highest BCUT2D eigenvalue weighted by atomic mass is 15.1. The number of pyridine rings is 7. The second-order valence-corrected chi connectivity index (χ2v) is 21.1. The fourth-order valence-corrected chi connectivity index (χ4v) is 9.76. The molecule has 0 aliphatic heterocycles. The summed E-state index contributed by atoms with van der Waals surface area (Å²) in [6.45, 7) is 44.0. The lowest BCUT2D eigenvalue weighted by Crippen LogP contribution is -2.23. The SMILES string of the molecule is C1=c2cccnc2=CC1.C1=c2ccncc2=CC1.CC.CC.CC.CC.CC.CC.CC.CC.CC.CC.CC.c1cc2[nH]ccc2cn1.c1cc2cc[nH]c2cn1.c1cc2cnccn2c1.c1cnc2[nH]ccc2c1.c1cnc2cc[nH]c2c1.c1cnc2cccn2c1.c1cnc2cncn2c1.c1cnc2nc[nH]c2c1.c1cnc2nccn2c1. The molecular weight excluding hydrogens is 1500 g/mol. The van der Waals surface area contributed by atoms with Crippen LogP contribution in [0.3, 0.4) is 0 Å². The van der Waals surface area contributed by atoms with E-state index in [2.05, 4.69) is 125 Å². The summed E-state index contributed by atoms with van der Waals surface area (Å²) >= 11 is 0. The highest BCUT2D eigenvalue weighted by Gasteiger charge is 1.96. The molecule has 23 heteroatoms. The Morgan fingerprint density at radius 3 is 1.48 bits per heavy atom. The topological polar surface area (TPSA) is 277 Å². The highest BCUT2D eigenvalue weighted by molar-refractivity contribution is 5.79. The third kappa shape index (κ3) is 38.2. The Balaban J connectivity index is 0.000000650. The molecule has 0 fully saturated rings. The third-order valence-corrected chi connectivity index (χ3v) is 14.6. The van der Waals surface area contributed by atoms with Crippen LogP contribution in [-0.4, -0.2) is 112 Å². The molecule has 0 saturated carbocycles. The zero-order valence-corrected chi connectivity index (χ0v) is 75.3. The maximum atomic E-state index is 4.17. The molecule has 23 nitrogen and oxygen atoms in total. The summed E-state index contributed by atoms with van der Waals surface area (Å²) in [6, 6.07) is 43.3. The zero-order valence-electron chi connectivity index (χ0n) is 75.3. The molecule has 20 aromatic rings. The predicted octanol–water partition coefficient (Wildman–Crippen LogP) is 22.7. The lowest BCUT2D eigenvalue weighted by molar-refractivity contribution is 1.11. The molecule has 0 spiro atoms. The molecule has 2 aliphatic carbocycles. The summed E-state index contributed by atoms with van der Waals surface area (Å²) in [4.78, 5) is 71.4. The molecule has 22 rings (SSSR count). The average Bonchev–Trinajstić information content (AvgIpc) is 1.88. The molecule has 20 heterocycles. The van der Waals surface area contributed by atoms with E-state index in [-0.39, 0.29) is 0 Å². The molecule has 2 aliphatic rings. The van der Waals surface area contributed by atoms with Gasteiger partial charge in [-0.05, 0) is 156 Å². The van der Waals surface area contributed by atoms with Gasteiger partial charge >= 0.3 is 0 Å². The molecule has 5 N–H and O–H groups in total. The van der Waals surface area contributed by atoms with Crippen LogP contribution < -0.4 is 21.0 Å². The Bertz CT molecular complexity index is 4650. The number of nitrogens with zero attached hydrogens (tertiary/aromatic N) is 18. The lowest BCUT2D eigenvalue weighted by atomic mass is 10.3. The van der Waals surface area contributed by atoms with Gasteiger partial charge in [0.15, 0.2) is 11.3 Å². The summed E-state index contributed by atoms with van der Waals surface area (Å²) in [6.07, 6.45) is 65.7. The third-order valence-electron chi connectivity index (χ3n) is 14.6. The summed E-state index contributed by atoms with van der Waals surface area (Å²) in [5, 5.41) is 8.55. The quantitative estimate of drug-likeness (QED) is 0.0944. The molecule has 0 radical (unpaired) electrons. The minimum Gasteiger partial charge on any atom is -0.361 e. The first-order valence-corrected chi connectivity index (χ1v) is 42.3.